The van der Waals surface area contributed by atoms with Gasteiger partial charge in [-0.25, -0.2) is 0 Å². The fourth-order valence-electron chi connectivity index (χ4n) is 2.96. The van der Waals surface area contributed by atoms with Gasteiger partial charge in [0, 0.05) is 40.2 Å². The Kier molecular flexibility index (Phi) is 9.65. The highest BCUT2D eigenvalue weighted by atomic mass is 127. The predicted molar refractivity (Wildman–Crippen MR) is 112 cm³/mol. The molecule has 1 aliphatic rings. The highest BCUT2D eigenvalue weighted by molar-refractivity contribution is 14.0. The molecule has 1 aromatic rings. The lowest BCUT2D eigenvalue weighted by atomic mass is 9.93. The zero-order chi connectivity index (χ0) is 16.7. The molecule has 1 aromatic heterocycles. The zero-order valence-electron chi connectivity index (χ0n) is 14.7. The maximum absolute atomic E-state index is 11.5. The van der Waals surface area contributed by atoms with E-state index in [1.807, 2.05) is 7.05 Å². The lowest BCUT2D eigenvalue weighted by Crippen LogP contribution is -2.46. The molecule has 0 aliphatic carbocycles. The van der Waals surface area contributed by atoms with Crippen LogP contribution in [0.15, 0.2) is 21.8 Å². The highest BCUT2D eigenvalue weighted by Crippen LogP contribution is 2.21. The molecule has 0 saturated carbocycles. The maximum atomic E-state index is 11.5. The number of thiophene rings is 1. The number of carbonyl (C=O) groups excluding carboxylic acids is 1. The minimum absolute atomic E-state index is 0. The summed E-state index contributed by atoms with van der Waals surface area (Å²) in [5.74, 6) is 2.10. The molecule has 1 atom stereocenters. The van der Waals surface area contributed by atoms with Gasteiger partial charge in [-0.3, -0.25) is 9.79 Å². The van der Waals surface area contributed by atoms with E-state index in [9.17, 15) is 4.79 Å². The monoisotopic (exact) mass is 464 g/mol. The first-order chi connectivity index (χ1) is 11.1. The van der Waals surface area contributed by atoms with Gasteiger partial charge in [0.25, 0.3) is 0 Å². The van der Waals surface area contributed by atoms with Crippen LogP contribution in [0.3, 0.4) is 0 Å². The molecule has 1 aliphatic heterocycles. The van der Waals surface area contributed by atoms with E-state index in [4.69, 9.17) is 0 Å². The number of halogens is 1. The number of nitrogens with one attached hydrogen (secondary N) is 2. The number of hydrogen-bond acceptors (Lipinski definition) is 3. The molecule has 0 aromatic carbocycles. The fourth-order valence-corrected chi connectivity index (χ4v) is 3.75. The van der Waals surface area contributed by atoms with E-state index >= 15 is 0 Å². The van der Waals surface area contributed by atoms with E-state index in [-0.39, 0.29) is 29.9 Å². The first-order valence-corrected chi connectivity index (χ1v) is 9.26. The van der Waals surface area contributed by atoms with E-state index in [0.717, 1.165) is 38.4 Å². The van der Waals surface area contributed by atoms with Crippen molar-refractivity contribution in [2.75, 3.05) is 33.7 Å². The van der Waals surface area contributed by atoms with E-state index in [1.54, 1.807) is 18.4 Å². The molecule has 2 rings (SSSR count). The van der Waals surface area contributed by atoms with E-state index in [1.165, 1.54) is 5.56 Å². The third-order valence-electron chi connectivity index (χ3n) is 4.56. The Hall–Kier alpha value is -0.830. The summed E-state index contributed by atoms with van der Waals surface area (Å²) in [6, 6.07) is 2.18. The smallest absolute Gasteiger partial charge is 0.220 e. The first kappa shape index (κ1) is 21.2. The van der Waals surface area contributed by atoms with Crippen LogP contribution in [0.2, 0.25) is 0 Å². The zero-order valence-corrected chi connectivity index (χ0v) is 17.9. The summed E-state index contributed by atoms with van der Waals surface area (Å²) in [7, 11) is 3.55. The average molecular weight is 464 g/mol. The Morgan fingerprint density at radius 2 is 2.17 bits per heavy atom. The number of amides is 1. The van der Waals surface area contributed by atoms with E-state index in [0.29, 0.717) is 18.3 Å². The molecular formula is C17H29IN4OS. The van der Waals surface area contributed by atoms with Gasteiger partial charge in [0.1, 0.15) is 0 Å². The minimum Gasteiger partial charge on any atom is -0.359 e. The maximum Gasteiger partial charge on any atom is 0.220 e. The van der Waals surface area contributed by atoms with Gasteiger partial charge in [0.05, 0.1) is 0 Å². The summed E-state index contributed by atoms with van der Waals surface area (Å²) in [4.78, 5) is 18.2. The van der Waals surface area contributed by atoms with Crippen molar-refractivity contribution in [3.63, 3.8) is 0 Å². The Labute approximate surface area is 166 Å². The quantitative estimate of drug-likeness (QED) is 0.401. The summed E-state index contributed by atoms with van der Waals surface area (Å²) in [6.07, 6.45) is 2.74. The number of hydrogen-bond donors (Lipinski definition) is 2. The largest absolute Gasteiger partial charge is 0.359 e. The van der Waals surface area contributed by atoms with Gasteiger partial charge in [-0.15, -0.1) is 24.0 Å². The van der Waals surface area contributed by atoms with Crippen molar-refractivity contribution >= 4 is 47.2 Å². The Balaban J connectivity index is 0.00000288. The molecule has 24 heavy (non-hydrogen) atoms. The number of nitrogens with zero attached hydrogens (tertiary/aromatic N) is 2. The average Bonchev–Trinajstić information content (AvgIpc) is 3.11. The van der Waals surface area contributed by atoms with Crippen molar-refractivity contribution in [1.29, 1.82) is 0 Å². The third-order valence-corrected chi connectivity index (χ3v) is 5.26. The third kappa shape index (κ3) is 6.23. The van der Waals surface area contributed by atoms with Crippen molar-refractivity contribution in [3.05, 3.63) is 22.4 Å². The number of carbonyl (C=O) groups is 1. The molecule has 1 amide bonds. The van der Waals surface area contributed by atoms with Crippen molar-refractivity contribution in [3.8, 4) is 0 Å². The summed E-state index contributed by atoms with van der Waals surface area (Å²) in [5, 5.41) is 10.5. The SMILES string of the molecule is CN=C(NCC(C)c1ccsc1)N1CCC(CC(=O)NC)CC1.I. The highest BCUT2D eigenvalue weighted by Gasteiger charge is 2.23. The second-order valence-corrected chi connectivity index (χ2v) is 6.97. The molecule has 0 bridgehead atoms. The van der Waals surface area contributed by atoms with Gasteiger partial charge >= 0.3 is 0 Å². The van der Waals surface area contributed by atoms with Gasteiger partial charge < -0.3 is 15.5 Å². The van der Waals surface area contributed by atoms with Crippen molar-refractivity contribution in [2.24, 2.45) is 10.9 Å². The van der Waals surface area contributed by atoms with Crippen LogP contribution >= 0.6 is 35.3 Å². The van der Waals surface area contributed by atoms with Gasteiger partial charge in [0.2, 0.25) is 5.91 Å². The standard InChI is InChI=1S/C17H28N4OS.HI/c1-13(15-6-9-23-12-15)11-20-17(19-3)21-7-4-14(5-8-21)10-16(22)18-2;/h6,9,12-14H,4-5,7-8,10-11H2,1-3H3,(H,18,22)(H,19,20);1H. The minimum atomic E-state index is 0. The normalized spacial score (nSPS) is 17.1. The van der Waals surface area contributed by atoms with Crippen molar-refractivity contribution < 1.29 is 4.79 Å². The Bertz CT molecular complexity index is 513. The van der Waals surface area contributed by atoms with Crippen LogP contribution in [0.5, 0.6) is 0 Å². The van der Waals surface area contributed by atoms with Gasteiger partial charge in [-0.2, -0.15) is 11.3 Å². The van der Waals surface area contributed by atoms with E-state index in [2.05, 4.69) is 44.3 Å². The van der Waals surface area contributed by atoms with Gasteiger partial charge in [-0.1, -0.05) is 6.92 Å². The number of aliphatic imine (C=N–C) groups is 1. The Morgan fingerprint density at radius 1 is 1.46 bits per heavy atom. The predicted octanol–water partition coefficient (Wildman–Crippen LogP) is 2.89. The summed E-state index contributed by atoms with van der Waals surface area (Å²) < 4.78 is 0. The van der Waals surface area contributed by atoms with Crippen molar-refractivity contribution in [1.82, 2.24) is 15.5 Å². The number of likely N-dealkylation sites (tertiary alicyclic amines) is 1. The summed E-state index contributed by atoms with van der Waals surface area (Å²) in [5.41, 5.74) is 1.38. The first-order valence-electron chi connectivity index (χ1n) is 8.32. The summed E-state index contributed by atoms with van der Waals surface area (Å²) >= 11 is 1.74. The number of guanidine groups is 1. The molecule has 2 heterocycles. The lowest BCUT2D eigenvalue weighted by Gasteiger charge is -2.34. The molecule has 1 unspecified atom stereocenters. The molecule has 0 spiro atoms. The second-order valence-electron chi connectivity index (χ2n) is 6.19. The van der Waals surface area contributed by atoms with Crippen LogP contribution < -0.4 is 10.6 Å². The molecular weight excluding hydrogens is 435 g/mol. The number of piperidine rings is 1. The van der Waals surface area contributed by atoms with Crippen LogP contribution in [-0.2, 0) is 4.79 Å². The molecule has 136 valence electrons. The fraction of sp³-hybridized carbons (Fsp3) is 0.647. The van der Waals surface area contributed by atoms with Crippen molar-refractivity contribution in [2.45, 2.75) is 32.1 Å². The summed E-state index contributed by atoms with van der Waals surface area (Å²) in [6.45, 7) is 5.06. The number of rotatable bonds is 5. The van der Waals surface area contributed by atoms with Crippen LogP contribution in [0.1, 0.15) is 37.7 Å². The lowest BCUT2D eigenvalue weighted by molar-refractivity contribution is -0.121. The molecule has 7 heteroatoms. The van der Waals surface area contributed by atoms with Crippen LogP contribution in [-0.4, -0.2) is 50.5 Å². The van der Waals surface area contributed by atoms with E-state index < -0.39 is 0 Å². The molecule has 0 radical (unpaired) electrons. The van der Waals surface area contributed by atoms with Crippen LogP contribution in [0, 0.1) is 5.92 Å². The van der Waals surface area contributed by atoms with Gasteiger partial charge in [-0.05, 0) is 47.1 Å². The Morgan fingerprint density at radius 3 is 2.71 bits per heavy atom. The molecule has 1 fully saturated rings. The van der Waals surface area contributed by atoms with Gasteiger partial charge in [0.15, 0.2) is 5.96 Å². The van der Waals surface area contributed by atoms with Crippen LogP contribution in [0.4, 0.5) is 0 Å². The topological polar surface area (TPSA) is 56.7 Å². The molecule has 1 saturated heterocycles. The second kappa shape index (κ2) is 10.9. The molecule has 2 N–H and O–H groups in total. The molecule has 5 nitrogen and oxygen atoms in total. The van der Waals surface area contributed by atoms with Crippen LogP contribution in [0.25, 0.3) is 0 Å².